The SMILES string of the molecule is C[C@@H]1CCCC[C@@H]1NC(=O)NC(=O)COC(=O)c1ccccc1Br. The van der Waals surface area contributed by atoms with Crippen LogP contribution >= 0.6 is 15.9 Å². The maximum Gasteiger partial charge on any atom is 0.339 e. The molecule has 3 amide bonds. The highest BCUT2D eigenvalue weighted by atomic mass is 79.9. The second-order valence-electron chi connectivity index (χ2n) is 5.95. The Hall–Kier alpha value is -1.89. The van der Waals surface area contributed by atoms with Crippen LogP contribution < -0.4 is 10.6 Å². The van der Waals surface area contributed by atoms with E-state index >= 15 is 0 Å². The van der Waals surface area contributed by atoms with Gasteiger partial charge in [-0.2, -0.15) is 0 Å². The number of hydrogen-bond acceptors (Lipinski definition) is 4. The van der Waals surface area contributed by atoms with Gasteiger partial charge in [-0.25, -0.2) is 9.59 Å². The van der Waals surface area contributed by atoms with Crippen LogP contribution in [-0.2, 0) is 9.53 Å². The molecular formula is C17H21BrN2O4. The molecule has 2 rings (SSSR count). The molecule has 0 spiro atoms. The van der Waals surface area contributed by atoms with Crippen LogP contribution in [0, 0.1) is 5.92 Å². The lowest BCUT2D eigenvalue weighted by molar-refractivity contribution is -0.123. The van der Waals surface area contributed by atoms with Crippen molar-refractivity contribution in [2.75, 3.05) is 6.61 Å². The lowest BCUT2D eigenvalue weighted by Gasteiger charge is -2.29. The normalized spacial score (nSPS) is 20.1. The van der Waals surface area contributed by atoms with Crippen LogP contribution in [0.4, 0.5) is 4.79 Å². The van der Waals surface area contributed by atoms with Gasteiger partial charge in [0.1, 0.15) is 0 Å². The Labute approximate surface area is 149 Å². The van der Waals surface area contributed by atoms with Crippen molar-refractivity contribution in [2.24, 2.45) is 5.92 Å². The first-order valence-corrected chi connectivity index (χ1v) is 8.78. The lowest BCUT2D eigenvalue weighted by Crippen LogP contribution is -2.48. The molecule has 0 unspecified atom stereocenters. The molecule has 130 valence electrons. The zero-order valence-electron chi connectivity index (χ0n) is 13.5. The van der Waals surface area contributed by atoms with E-state index in [1.807, 2.05) is 0 Å². The molecule has 0 saturated heterocycles. The number of amides is 3. The van der Waals surface area contributed by atoms with Crippen LogP contribution in [-0.4, -0.2) is 30.6 Å². The van der Waals surface area contributed by atoms with Gasteiger partial charge in [-0.3, -0.25) is 10.1 Å². The molecule has 6 nitrogen and oxygen atoms in total. The third-order valence-electron chi connectivity index (χ3n) is 4.11. The van der Waals surface area contributed by atoms with E-state index in [1.54, 1.807) is 24.3 Å². The average Bonchev–Trinajstić information content (AvgIpc) is 2.55. The topological polar surface area (TPSA) is 84.5 Å². The maximum absolute atomic E-state index is 11.9. The van der Waals surface area contributed by atoms with E-state index in [4.69, 9.17) is 4.74 Å². The fraction of sp³-hybridized carbons (Fsp3) is 0.471. The van der Waals surface area contributed by atoms with Gasteiger partial charge in [0.15, 0.2) is 6.61 Å². The van der Waals surface area contributed by atoms with Crippen molar-refractivity contribution in [3.05, 3.63) is 34.3 Å². The summed E-state index contributed by atoms with van der Waals surface area (Å²) in [7, 11) is 0. The molecule has 0 aliphatic heterocycles. The van der Waals surface area contributed by atoms with Crippen LogP contribution in [0.3, 0.4) is 0 Å². The smallest absolute Gasteiger partial charge is 0.339 e. The third-order valence-corrected chi connectivity index (χ3v) is 4.80. The minimum absolute atomic E-state index is 0.0781. The van der Waals surface area contributed by atoms with E-state index in [1.165, 1.54) is 6.42 Å². The van der Waals surface area contributed by atoms with Gasteiger partial charge in [0.05, 0.1) is 5.56 Å². The van der Waals surface area contributed by atoms with Gasteiger partial charge in [-0.1, -0.05) is 31.9 Å². The Morgan fingerprint density at radius 3 is 2.62 bits per heavy atom. The fourth-order valence-electron chi connectivity index (χ4n) is 2.73. The molecule has 1 fully saturated rings. The van der Waals surface area contributed by atoms with Crippen molar-refractivity contribution in [2.45, 2.75) is 38.6 Å². The molecule has 7 heteroatoms. The van der Waals surface area contributed by atoms with E-state index in [0.29, 0.717) is 16.0 Å². The van der Waals surface area contributed by atoms with E-state index in [0.717, 1.165) is 19.3 Å². The van der Waals surface area contributed by atoms with Crippen LogP contribution in [0.5, 0.6) is 0 Å². The lowest BCUT2D eigenvalue weighted by atomic mass is 9.86. The molecule has 1 aromatic rings. The molecule has 0 heterocycles. The predicted molar refractivity (Wildman–Crippen MR) is 92.5 cm³/mol. The first-order chi connectivity index (χ1) is 11.5. The van der Waals surface area contributed by atoms with Crippen LogP contribution in [0.25, 0.3) is 0 Å². The number of benzene rings is 1. The number of rotatable bonds is 4. The monoisotopic (exact) mass is 396 g/mol. The highest BCUT2D eigenvalue weighted by Crippen LogP contribution is 2.23. The van der Waals surface area contributed by atoms with E-state index in [9.17, 15) is 14.4 Å². The van der Waals surface area contributed by atoms with E-state index in [-0.39, 0.29) is 6.04 Å². The summed E-state index contributed by atoms with van der Waals surface area (Å²) in [4.78, 5) is 35.5. The number of hydrogen-bond donors (Lipinski definition) is 2. The summed E-state index contributed by atoms with van der Waals surface area (Å²) in [6.07, 6.45) is 4.24. The Morgan fingerprint density at radius 1 is 1.21 bits per heavy atom. The van der Waals surface area contributed by atoms with Gasteiger partial charge in [-0.15, -0.1) is 0 Å². The number of urea groups is 1. The Bertz CT molecular complexity index is 620. The summed E-state index contributed by atoms with van der Waals surface area (Å²) in [6, 6.07) is 6.28. The van der Waals surface area contributed by atoms with E-state index < -0.39 is 24.5 Å². The summed E-state index contributed by atoms with van der Waals surface area (Å²) in [5.74, 6) is -0.886. The highest BCUT2D eigenvalue weighted by Gasteiger charge is 2.23. The van der Waals surface area contributed by atoms with Crippen molar-refractivity contribution < 1.29 is 19.1 Å². The first-order valence-electron chi connectivity index (χ1n) is 7.99. The summed E-state index contributed by atoms with van der Waals surface area (Å²) >= 11 is 3.24. The van der Waals surface area contributed by atoms with Gasteiger partial charge >= 0.3 is 12.0 Å². The number of nitrogens with one attached hydrogen (secondary N) is 2. The molecule has 24 heavy (non-hydrogen) atoms. The molecule has 0 radical (unpaired) electrons. The molecule has 0 aromatic heterocycles. The number of carbonyl (C=O) groups is 3. The predicted octanol–water partition coefficient (Wildman–Crippen LogP) is 3.01. The van der Waals surface area contributed by atoms with Crippen LogP contribution in [0.2, 0.25) is 0 Å². The fourth-order valence-corrected chi connectivity index (χ4v) is 3.18. The number of carbonyl (C=O) groups excluding carboxylic acids is 3. The Kier molecular flexibility index (Phi) is 6.78. The zero-order valence-corrected chi connectivity index (χ0v) is 15.1. The molecule has 1 aromatic carbocycles. The Balaban J connectivity index is 1.75. The minimum atomic E-state index is -0.656. The average molecular weight is 397 g/mol. The van der Waals surface area contributed by atoms with E-state index in [2.05, 4.69) is 33.5 Å². The number of ether oxygens (including phenoxy) is 1. The van der Waals surface area contributed by atoms with Gasteiger partial charge in [0, 0.05) is 10.5 Å². The molecule has 1 aliphatic carbocycles. The Morgan fingerprint density at radius 2 is 1.92 bits per heavy atom. The second kappa shape index (κ2) is 8.82. The number of imide groups is 1. The maximum atomic E-state index is 11.9. The first kappa shape index (κ1) is 18.4. The molecule has 1 aliphatic rings. The molecule has 1 saturated carbocycles. The van der Waals surface area contributed by atoms with Gasteiger partial charge < -0.3 is 10.1 Å². The number of halogens is 1. The van der Waals surface area contributed by atoms with Gasteiger partial charge in [-0.05, 0) is 46.8 Å². The zero-order chi connectivity index (χ0) is 17.5. The summed E-state index contributed by atoms with van der Waals surface area (Å²) < 4.78 is 5.50. The van der Waals surface area contributed by atoms with Crippen LogP contribution in [0.15, 0.2) is 28.7 Å². The van der Waals surface area contributed by atoms with Crippen molar-refractivity contribution in [3.8, 4) is 0 Å². The van der Waals surface area contributed by atoms with Crippen molar-refractivity contribution in [3.63, 3.8) is 0 Å². The molecule has 2 N–H and O–H groups in total. The van der Waals surface area contributed by atoms with Crippen molar-refractivity contribution in [1.29, 1.82) is 0 Å². The largest absolute Gasteiger partial charge is 0.452 e. The molecule has 0 bridgehead atoms. The summed E-state index contributed by atoms with van der Waals surface area (Å²) in [5.41, 5.74) is 0.325. The van der Waals surface area contributed by atoms with Crippen molar-refractivity contribution >= 4 is 33.8 Å². The molecule has 2 atom stereocenters. The summed E-state index contributed by atoms with van der Waals surface area (Å²) in [6.45, 7) is 1.58. The van der Waals surface area contributed by atoms with Crippen LogP contribution in [0.1, 0.15) is 43.0 Å². The number of esters is 1. The standard InChI is InChI=1S/C17H21BrN2O4/c1-11-6-2-5-9-14(11)19-17(23)20-15(21)10-24-16(22)12-7-3-4-8-13(12)18/h3-4,7-8,11,14H,2,5-6,9-10H2,1H3,(H2,19,20,21,23)/t11-,14+/m1/s1. The van der Waals surface area contributed by atoms with Crippen molar-refractivity contribution in [1.82, 2.24) is 10.6 Å². The van der Waals surface area contributed by atoms with Gasteiger partial charge in [0.25, 0.3) is 5.91 Å². The molecular weight excluding hydrogens is 376 g/mol. The quantitative estimate of drug-likeness (QED) is 0.765. The third kappa shape index (κ3) is 5.33. The highest BCUT2D eigenvalue weighted by molar-refractivity contribution is 9.10. The van der Waals surface area contributed by atoms with Gasteiger partial charge in [0.2, 0.25) is 0 Å². The summed E-state index contributed by atoms with van der Waals surface area (Å²) in [5, 5.41) is 5.00. The minimum Gasteiger partial charge on any atom is -0.452 e. The second-order valence-corrected chi connectivity index (χ2v) is 6.80.